The molecule has 174 valence electrons. The van der Waals surface area contributed by atoms with Crippen LogP contribution in [0.4, 0.5) is 10.7 Å². The number of methoxy groups -OCH3 is 1. The average molecular weight is 477 g/mol. The SMILES string of the molecule is CCOC(=O)c1c(/N=c2\oc3ccccc3cc2C(=O)Nc2ccccc2OC)sc(C)c1C. The zero-order valence-corrected chi connectivity index (χ0v) is 20.1. The zero-order chi connectivity index (χ0) is 24.2. The van der Waals surface area contributed by atoms with E-state index in [2.05, 4.69) is 10.3 Å². The van der Waals surface area contributed by atoms with Gasteiger partial charge in [0.1, 0.15) is 21.9 Å². The predicted octanol–water partition coefficient (Wildman–Crippen LogP) is 5.78. The van der Waals surface area contributed by atoms with Gasteiger partial charge in [-0.2, -0.15) is 0 Å². The van der Waals surface area contributed by atoms with Crippen LogP contribution in [0.1, 0.15) is 38.1 Å². The molecule has 0 unspecified atom stereocenters. The van der Waals surface area contributed by atoms with Crippen LogP contribution in [0.5, 0.6) is 5.75 Å². The molecule has 2 aromatic carbocycles. The Balaban J connectivity index is 1.89. The van der Waals surface area contributed by atoms with Crippen molar-refractivity contribution in [1.82, 2.24) is 0 Å². The Hall–Kier alpha value is -3.91. The van der Waals surface area contributed by atoms with Crippen molar-refractivity contribution in [2.75, 3.05) is 19.0 Å². The summed E-state index contributed by atoms with van der Waals surface area (Å²) >= 11 is 1.35. The van der Waals surface area contributed by atoms with Crippen molar-refractivity contribution in [2.45, 2.75) is 20.8 Å². The van der Waals surface area contributed by atoms with Crippen LogP contribution in [0, 0.1) is 13.8 Å². The Kier molecular flexibility index (Phi) is 6.79. The average Bonchev–Trinajstić information content (AvgIpc) is 3.11. The van der Waals surface area contributed by atoms with Gasteiger partial charge in [-0.15, -0.1) is 11.3 Å². The number of para-hydroxylation sites is 3. The van der Waals surface area contributed by atoms with Gasteiger partial charge in [0.25, 0.3) is 5.91 Å². The molecule has 4 aromatic rings. The van der Waals surface area contributed by atoms with Gasteiger partial charge in [0.05, 0.1) is 25.0 Å². The molecule has 0 aliphatic heterocycles. The highest BCUT2D eigenvalue weighted by atomic mass is 32.1. The predicted molar refractivity (Wildman–Crippen MR) is 132 cm³/mol. The number of carbonyl (C=O) groups is 2. The minimum absolute atomic E-state index is 0.0953. The van der Waals surface area contributed by atoms with E-state index in [4.69, 9.17) is 13.9 Å². The highest BCUT2D eigenvalue weighted by Gasteiger charge is 2.22. The first-order valence-corrected chi connectivity index (χ1v) is 11.5. The molecule has 7 nitrogen and oxygen atoms in total. The van der Waals surface area contributed by atoms with E-state index in [1.165, 1.54) is 18.4 Å². The van der Waals surface area contributed by atoms with E-state index in [-0.39, 0.29) is 17.7 Å². The van der Waals surface area contributed by atoms with Crippen molar-refractivity contribution in [2.24, 2.45) is 4.99 Å². The molecule has 1 amide bonds. The van der Waals surface area contributed by atoms with Gasteiger partial charge >= 0.3 is 5.97 Å². The zero-order valence-electron chi connectivity index (χ0n) is 19.3. The largest absolute Gasteiger partial charge is 0.495 e. The number of nitrogens with zero attached hydrogens (tertiary/aromatic N) is 1. The van der Waals surface area contributed by atoms with Crippen LogP contribution in [-0.2, 0) is 4.74 Å². The molecule has 34 heavy (non-hydrogen) atoms. The van der Waals surface area contributed by atoms with Crippen molar-refractivity contribution < 1.29 is 23.5 Å². The topological polar surface area (TPSA) is 90.1 Å². The van der Waals surface area contributed by atoms with Gasteiger partial charge in [-0.25, -0.2) is 9.79 Å². The molecule has 0 atom stereocenters. The van der Waals surface area contributed by atoms with Crippen LogP contribution in [0.25, 0.3) is 11.0 Å². The lowest BCUT2D eigenvalue weighted by Gasteiger charge is -2.10. The summed E-state index contributed by atoms with van der Waals surface area (Å²) in [7, 11) is 1.54. The summed E-state index contributed by atoms with van der Waals surface area (Å²) in [6, 6.07) is 16.2. The molecule has 0 saturated heterocycles. The summed E-state index contributed by atoms with van der Waals surface area (Å²) in [4.78, 5) is 31.6. The second-order valence-electron chi connectivity index (χ2n) is 7.45. The first-order valence-electron chi connectivity index (χ1n) is 10.7. The van der Waals surface area contributed by atoms with Gasteiger partial charge in [-0.3, -0.25) is 4.79 Å². The van der Waals surface area contributed by atoms with E-state index in [0.717, 1.165) is 15.8 Å². The molecule has 0 saturated carbocycles. The normalized spacial score (nSPS) is 11.5. The molecule has 0 radical (unpaired) electrons. The van der Waals surface area contributed by atoms with E-state index in [0.29, 0.717) is 27.6 Å². The van der Waals surface area contributed by atoms with Crippen LogP contribution in [0.2, 0.25) is 0 Å². The minimum atomic E-state index is -0.455. The van der Waals surface area contributed by atoms with Crippen LogP contribution in [0.3, 0.4) is 0 Å². The Bertz CT molecular complexity index is 1450. The number of benzene rings is 2. The molecule has 4 rings (SSSR count). The van der Waals surface area contributed by atoms with Gasteiger partial charge in [-0.1, -0.05) is 30.3 Å². The fourth-order valence-electron chi connectivity index (χ4n) is 3.48. The highest BCUT2D eigenvalue weighted by molar-refractivity contribution is 7.16. The number of hydrogen-bond donors (Lipinski definition) is 1. The lowest BCUT2D eigenvalue weighted by Crippen LogP contribution is -2.22. The molecule has 1 N–H and O–H groups in total. The maximum absolute atomic E-state index is 13.4. The molecular formula is C26H24N2O5S. The third-order valence-electron chi connectivity index (χ3n) is 5.31. The van der Waals surface area contributed by atoms with Crippen molar-refractivity contribution in [3.05, 3.63) is 81.7 Å². The van der Waals surface area contributed by atoms with Crippen molar-refractivity contribution in [3.63, 3.8) is 0 Å². The molecule has 2 heterocycles. The number of fused-ring (bicyclic) bond motifs is 1. The second-order valence-corrected chi connectivity index (χ2v) is 8.66. The maximum Gasteiger partial charge on any atom is 0.341 e. The Morgan fingerprint density at radius 3 is 2.59 bits per heavy atom. The minimum Gasteiger partial charge on any atom is -0.495 e. The summed E-state index contributed by atoms with van der Waals surface area (Å²) in [5.41, 5.74) is 2.58. The summed E-state index contributed by atoms with van der Waals surface area (Å²) in [6.45, 7) is 5.76. The van der Waals surface area contributed by atoms with Crippen LogP contribution < -0.4 is 15.6 Å². The Morgan fingerprint density at radius 2 is 1.82 bits per heavy atom. The lowest BCUT2D eigenvalue weighted by atomic mass is 10.1. The van der Waals surface area contributed by atoms with E-state index in [9.17, 15) is 9.59 Å². The number of carbonyl (C=O) groups excluding carboxylic acids is 2. The number of anilines is 1. The van der Waals surface area contributed by atoms with Crippen molar-refractivity contribution in [3.8, 4) is 5.75 Å². The molecule has 0 bridgehead atoms. The quantitative estimate of drug-likeness (QED) is 0.356. The summed E-state index contributed by atoms with van der Waals surface area (Å²) in [6.07, 6.45) is 0. The van der Waals surface area contributed by atoms with E-state index < -0.39 is 11.9 Å². The molecule has 8 heteroatoms. The van der Waals surface area contributed by atoms with Crippen molar-refractivity contribution in [1.29, 1.82) is 0 Å². The lowest BCUT2D eigenvalue weighted by molar-refractivity contribution is 0.0527. The number of esters is 1. The van der Waals surface area contributed by atoms with Gasteiger partial charge in [0.15, 0.2) is 0 Å². The summed E-state index contributed by atoms with van der Waals surface area (Å²) in [5, 5.41) is 4.05. The molecule has 0 aliphatic rings. The number of ether oxygens (including phenoxy) is 2. The van der Waals surface area contributed by atoms with Gasteiger partial charge in [0, 0.05) is 10.3 Å². The first kappa shape index (κ1) is 23.3. The first-order chi connectivity index (χ1) is 16.4. The standard InChI is InChI=1S/C26H24N2O5S/c1-5-32-26(30)22-15(2)16(3)34-25(22)28-24-18(14-17-10-6-8-12-20(17)33-24)23(29)27-19-11-7-9-13-21(19)31-4/h6-14H,5H2,1-4H3,(H,27,29)/b28-24-. The molecule has 0 spiro atoms. The Labute approximate surface area is 200 Å². The number of rotatable bonds is 6. The number of aryl methyl sites for hydroxylation is 1. The monoisotopic (exact) mass is 476 g/mol. The van der Waals surface area contributed by atoms with Crippen LogP contribution in [0.15, 0.2) is 64.0 Å². The van der Waals surface area contributed by atoms with Gasteiger partial charge in [-0.05, 0) is 50.6 Å². The smallest absolute Gasteiger partial charge is 0.341 e. The number of amides is 1. The third-order valence-corrected chi connectivity index (χ3v) is 6.41. The number of thiophene rings is 1. The number of nitrogens with one attached hydrogen (secondary N) is 1. The van der Waals surface area contributed by atoms with E-state index >= 15 is 0 Å². The Morgan fingerprint density at radius 1 is 1.09 bits per heavy atom. The molecule has 0 fully saturated rings. The fraction of sp³-hybridized carbons (Fsp3) is 0.192. The highest BCUT2D eigenvalue weighted by Crippen LogP contribution is 2.35. The fourth-order valence-corrected chi connectivity index (χ4v) is 4.49. The van der Waals surface area contributed by atoms with Crippen LogP contribution in [-0.4, -0.2) is 25.6 Å². The van der Waals surface area contributed by atoms with Crippen molar-refractivity contribution >= 4 is 44.9 Å². The number of hydrogen-bond acceptors (Lipinski definition) is 7. The van der Waals surface area contributed by atoms with E-state index in [1.807, 2.05) is 38.1 Å². The third kappa shape index (κ3) is 4.58. The molecular weight excluding hydrogens is 452 g/mol. The van der Waals surface area contributed by atoms with E-state index in [1.54, 1.807) is 37.3 Å². The molecule has 0 aliphatic carbocycles. The maximum atomic E-state index is 13.4. The molecule has 2 aromatic heterocycles. The summed E-state index contributed by atoms with van der Waals surface area (Å²) < 4.78 is 16.6. The van der Waals surface area contributed by atoms with Crippen LogP contribution >= 0.6 is 11.3 Å². The van der Waals surface area contributed by atoms with Gasteiger partial charge in [0.2, 0.25) is 5.55 Å². The van der Waals surface area contributed by atoms with Gasteiger partial charge < -0.3 is 19.2 Å². The second kappa shape index (κ2) is 9.93. The summed E-state index contributed by atoms with van der Waals surface area (Å²) in [5.74, 6) is -0.342.